The van der Waals surface area contributed by atoms with Gasteiger partial charge in [0.2, 0.25) is 6.79 Å². The van der Waals surface area contributed by atoms with Gasteiger partial charge in [0.15, 0.2) is 11.5 Å². The van der Waals surface area contributed by atoms with Crippen molar-refractivity contribution < 1.29 is 14.3 Å². The zero-order valence-corrected chi connectivity index (χ0v) is 10.9. The van der Waals surface area contributed by atoms with Crippen LogP contribution in [0.15, 0.2) is 18.2 Å². The van der Waals surface area contributed by atoms with Gasteiger partial charge in [-0.25, -0.2) is 4.79 Å². The molecule has 1 N–H and O–H groups in total. The Morgan fingerprint density at radius 3 is 2.95 bits per heavy atom. The zero-order chi connectivity index (χ0) is 13.2. The molecule has 0 aliphatic carbocycles. The van der Waals surface area contributed by atoms with E-state index in [0.29, 0.717) is 12.3 Å². The van der Waals surface area contributed by atoms with Crippen molar-refractivity contribution in [2.75, 3.05) is 44.9 Å². The van der Waals surface area contributed by atoms with E-state index < -0.39 is 0 Å². The van der Waals surface area contributed by atoms with Crippen LogP contribution in [-0.2, 0) is 0 Å². The van der Waals surface area contributed by atoms with E-state index in [9.17, 15) is 4.79 Å². The van der Waals surface area contributed by atoms with Crippen LogP contribution in [0.25, 0.3) is 0 Å². The highest BCUT2D eigenvalue weighted by atomic mass is 16.7. The quantitative estimate of drug-likeness (QED) is 0.876. The van der Waals surface area contributed by atoms with Gasteiger partial charge in [0, 0.05) is 37.9 Å². The van der Waals surface area contributed by atoms with Crippen molar-refractivity contribution in [2.45, 2.75) is 0 Å². The van der Waals surface area contributed by atoms with E-state index in [4.69, 9.17) is 9.47 Å². The summed E-state index contributed by atoms with van der Waals surface area (Å²) in [6, 6.07) is 5.66. The number of benzene rings is 1. The highest BCUT2D eigenvalue weighted by Crippen LogP contribution is 2.36. The van der Waals surface area contributed by atoms with Crippen molar-refractivity contribution in [3.05, 3.63) is 18.2 Å². The Morgan fingerprint density at radius 1 is 1.26 bits per heavy atom. The molecule has 6 nitrogen and oxygen atoms in total. The van der Waals surface area contributed by atoms with Crippen molar-refractivity contribution >= 4 is 11.7 Å². The molecule has 1 saturated heterocycles. The van der Waals surface area contributed by atoms with E-state index >= 15 is 0 Å². The van der Waals surface area contributed by atoms with Crippen LogP contribution in [0.5, 0.6) is 11.5 Å². The Hall–Kier alpha value is -1.95. The maximum atomic E-state index is 12.3. The van der Waals surface area contributed by atoms with Crippen molar-refractivity contribution in [1.82, 2.24) is 10.2 Å². The summed E-state index contributed by atoms with van der Waals surface area (Å²) in [5.41, 5.74) is 0.862. The Labute approximate surface area is 111 Å². The fourth-order valence-electron chi connectivity index (χ4n) is 2.33. The average Bonchev–Trinajstić information content (AvgIpc) is 3.02. The molecule has 2 amide bonds. The molecule has 6 heteroatoms. The van der Waals surface area contributed by atoms with Gasteiger partial charge in [-0.1, -0.05) is 0 Å². The highest BCUT2D eigenvalue weighted by Gasteiger charge is 2.29. The summed E-state index contributed by atoms with van der Waals surface area (Å²) in [7, 11) is 1.89. The lowest BCUT2D eigenvalue weighted by molar-refractivity contribution is 0.174. The number of anilines is 1. The predicted octanol–water partition coefficient (Wildman–Crippen LogP) is 0.877. The standard InChI is InChI=1S/C13H17N3O3/c1-14-4-5-15-6-7-16(13(15)17)10-2-3-11-12(8-10)19-9-18-11/h2-3,8,14H,4-7,9H2,1H3. The van der Waals surface area contributed by atoms with Crippen LogP contribution >= 0.6 is 0 Å². The number of hydrogen-bond donors (Lipinski definition) is 1. The van der Waals surface area contributed by atoms with E-state index in [1.807, 2.05) is 30.1 Å². The monoisotopic (exact) mass is 263 g/mol. The van der Waals surface area contributed by atoms with E-state index in [1.165, 1.54) is 0 Å². The Kier molecular flexibility index (Phi) is 3.16. The Bertz CT molecular complexity index is 492. The third-order valence-electron chi connectivity index (χ3n) is 3.39. The van der Waals surface area contributed by atoms with Gasteiger partial charge in [-0.05, 0) is 19.2 Å². The minimum atomic E-state index is 0.0501. The van der Waals surface area contributed by atoms with Gasteiger partial charge in [0.1, 0.15) is 0 Å². The number of fused-ring (bicyclic) bond motifs is 1. The molecule has 1 aromatic rings. The third kappa shape index (κ3) is 2.19. The van der Waals surface area contributed by atoms with Crippen molar-refractivity contribution in [3.63, 3.8) is 0 Å². The van der Waals surface area contributed by atoms with Gasteiger partial charge in [0.05, 0.1) is 0 Å². The van der Waals surface area contributed by atoms with Crippen LogP contribution in [0.3, 0.4) is 0 Å². The lowest BCUT2D eigenvalue weighted by atomic mass is 10.2. The highest BCUT2D eigenvalue weighted by molar-refractivity contribution is 5.94. The molecule has 0 bridgehead atoms. The summed E-state index contributed by atoms with van der Waals surface area (Å²) in [5, 5.41) is 3.05. The zero-order valence-electron chi connectivity index (χ0n) is 10.9. The molecule has 19 heavy (non-hydrogen) atoms. The SMILES string of the molecule is CNCCN1CCN(c2ccc3c(c2)OCO3)C1=O. The lowest BCUT2D eigenvalue weighted by Crippen LogP contribution is -2.35. The number of hydrogen-bond acceptors (Lipinski definition) is 4. The van der Waals surface area contributed by atoms with Gasteiger partial charge in [-0.3, -0.25) is 4.90 Å². The van der Waals surface area contributed by atoms with Gasteiger partial charge in [0.25, 0.3) is 0 Å². The summed E-state index contributed by atoms with van der Waals surface area (Å²) < 4.78 is 10.6. The molecule has 1 fully saturated rings. The van der Waals surface area contributed by atoms with Gasteiger partial charge >= 0.3 is 6.03 Å². The average molecular weight is 263 g/mol. The Balaban J connectivity index is 1.74. The second kappa shape index (κ2) is 4.97. The first-order valence-corrected chi connectivity index (χ1v) is 6.40. The number of amides is 2. The maximum Gasteiger partial charge on any atom is 0.324 e. The van der Waals surface area contributed by atoms with Crippen LogP contribution in [-0.4, -0.2) is 51.0 Å². The van der Waals surface area contributed by atoms with Crippen LogP contribution in [0.1, 0.15) is 0 Å². The van der Waals surface area contributed by atoms with Gasteiger partial charge < -0.3 is 19.7 Å². The predicted molar refractivity (Wildman–Crippen MR) is 70.8 cm³/mol. The molecular formula is C13H17N3O3. The molecule has 2 aliphatic rings. The fraction of sp³-hybridized carbons (Fsp3) is 0.462. The van der Waals surface area contributed by atoms with Gasteiger partial charge in [-0.2, -0.15) is 0 Å². The molecule has 1 aromatic carbocycles. The van der Waals surface area contributed by atoms with Crippen molar-refractivity contribution in [2.24, 2.45) is 0 Å². The molecule has 0 aromatic heterocycles. The number of nitrogens with one attached hydrogen (secondary N) is 1. The number of ether oxygens (including phenoxy) is 2. The van der Waals surface area contributed by atoms with E-state index in [-0.39, 0.29) is 12.8 Å². The second-order valence-corrected chi connectivity index (χ2v) is 4.56. The summed E-state index contributed by atoms with van der Waals surface area (Å²) in [6.07, 6.45) is 0. The topological polar surface area (TPSA) is 54.0 Å². The largest absolute Gasteiger partial charge is 0.454 e. The maximum absolute atomic E-state index is 12.3. The summed E-state index contributed by atoms with van der Waals surface area (Å²) >= 11 is 0. The molecule has 0 saturated carbocycles. The van der Waals surface area contributed by atoms with Crippen LogP contribution < -0.4 is 19.7 Å². The first-order chi connectivity index (χ1) is 9.29. The lowest BCUT2D eigenvalue weighted by Gasteiger charge is -2.18. The van der Waals surface area contributed by atoms with E-state index in [1.54, 1.807) is 4.90 Å². The third-order valence-corrected chi connectivity index (χ3v) is 3.39. The molecule has 102 valence electrons. The Morgan fingerprint density at radius 2 is 2.11 bits per heavy atom. The van der Waals surface area contributed by atoms with Crippen LogP contribution in [0.2, 0.25) is 0 Å². The number of nitrogens with zero attached hydrogens (tertiary/aromatic N) is 2. The molecular weight excluding hydrogens is 246 g/mol. The summed E-state index contributed by atoms with van der Waals surface area (Å²) in [4.78, 5) is 15.9. The minimum absolute atomic E-state index is 0.0501. The van der Waals surface area contributed by atoms with E-state index in [0.717, 1.165) is 31.1 Å². The molecule has 0 radical (unpaired) electrons. The molecule has 3 rings (SSSR count). The minimum Gasteiger partial charge on any atom is -0.454 e. The smallest absolute Gasteiger partial charge is 0.324 e. The normalized spacial score (nSPS) is 17.4. The summed E-state index contributed by atoms with van der Waals surface area (Å²) in [6.45, 7) is 3.26. The van der Waals surface area contributed by atoms with Gasteiger partial charge in [-0.15, -0.1) is 0 Å². The van der Waals surface area contributed by atoms with Crippen LogP contribution in [0, 0.1) is 0 Å². The number of carbonyl (C=O) groups is 1. The van der Waals surface area contributed by atoms with Crippen molar-refractivity contribution in [1.29, 1.82) is 0 Å². The fourth-order valence-corrected chi connectivity index (χ4v) is 2.33. The molecule has 2 aliphatic heterocycles. The number of urea groups is 1. The van der Waals surface area contributed by atoms with E-state index in [2.05, 4.69) is 5.32 Å². The molecule has 0 unspecified atom stereocenters. The van der Waals surface area contributed by atoms with Crippen molar-refractivity contribution in [3.8, 4) is 11.5 Å². The first kappa shape index (κ1) is 12.1. The van der Waals surface area contributed by atoms with Crippen LogP contribution in [0.4, 0.5) is 10.5 Å². The molecule has 2 heterocycles. The molecule has 0 atom stereocenters. The first-order valence-electron chi connectivity index (χ1n) is 6.40. The summed E-state index contributed by atoms with van der Waals surface area (Å²) in [5.74, 6) is 1.45. The number of carbonyl (C=O) groups excluding carboxylic acids is 1. The number of likely N-dealkylation sites (N-methyl/N-ethyl adjacent to an activating group) is 1. The number of rotatable bonds is 4. The molecule has 0 spiro atoms. The second-order valence-electron chi connectivity index (χ2n) is 4.56.